The first kappa shape index (κ1) is 26.8. The molecule has 0 aromatic heterocycles. The zero-order valence-electron chi connectivity index (χ0n) is 21.2. The molecule has 33 heavy (non-hydrogen) atoms. The molecule has 2 atom stereocenters. The normalized spacial score (nSPS) is 23.8. The summed E-state index contributed by atoms with van der Waals surface area (Å²) in [6, 6.07) is 3.60. The van der Waals surface area contributed by atoms with E-state index in [4.69, 9.17) is 4.74 Å². The van der Waals surface area contributed by atoms with Crippen LogP contribution in [0.1, 0.15) is 77.8 Å². The van der Waals surface area contributed by atoms with Crippen LogP contribution < -0.4 is 4.74 Å². The van der Waals surface area contributed by atoms with Gasteiger partial charge in [-0.05, 0) is 76.1 Å². The number of hydrogen-bond acceptors (Lipinski definition) is 5. The topological polar surface area (TPSA) is 83.8 Å². The molecule has 1 aliphatic rings. The fraction of sp³-hybridized carbons (Fsp3) is 0.571. The van der Waals surface area contributed by atoms with Gasteiger partial charge in [-0.25, -0.2) is 0 Å². The van der Waals surface area contributed by atoms with E-state index in [0.29, 0.717) is 25.0 Å². The fourth-order valence-corrected chi connectivity index (χ4v) is 4.83. The van der Waals surface area contributed by atoms with E-state index in [9.17, 15) is 19.8 Å². The van der Waals surface area contributed by atoms with Crippen LogP contribution >= 0.6 is 0 Å². The smallest absolute Gasteiger partial charge is 0.161 e. The van der Waals surface area contributed by atoms with Crippen LogP contribution in [0.4, 0.5) is 0 Å². The van der Waals surface area contributed by atoms with E-state index >= 15 is 0 Å². The zero-order valence-corrected chi connectivity index (χ0v) is 21.2. The van der Waals surface area contributed by atoms with Gasteiger partial charge in [0.2, 0.25) is 0 Å². The van der Waals surface area contributed by atoms with E-state index in [1.807, 2.05) is 39.8 Å². The van der Waals surface area contributed by atoms with Crippen molar-refractivity contribution >= 4 is 11.6 Å². The van der Waals surface area contributed by atoms with Gasteiger partial charge < -0.3 is 14.9 Å². The number of ketones is 2. The van der Waals surface area contributed by atoms with Crippen molar-refractivity contribution in [1.82, 2.24) is 0 Å². The van der Waals surface area contributed by atoms with Crippen molar-refractivity contribution in [2.75, 3.05) is 7.11 Å². The van der Waals surface area contributed by atoms with Gasteiger partial charge in [-0.1, -0.05) is 38.0 Å². The highest BCUT2D eigenvalue weighted by Gasteiger charge is 2.52. The van der Waals surface area contributed by atoms with Crippen LogP contribution in [0.2, 0.25) is 0 Å². The number of aryl methyl sites for hydroxylation is 1. The van der Waals surface area contributed by atoms with Crippen LogP contribution in [0.15, 0.2) is 35.9 Å². The van der Waals surface area contributed by atoms with E-state index in [2.05, 4.69) is 0 Å². The zero-order chi connectivity index (χ0) is 25.0. The number of rotatable bonds is 10. The van der Waals surface area contributed by atoms with Crippen LogP contribution in [-0.4, -0.2) is 34.5 Å². The predicted molar refractivity (Wildman–Crippen MR) is 132 cm³/mol. The highest BCUT2D eigenvalue weighted by atomic mass is 16.5. The molecule has 182 valence electrons. The van der Waals surface area contributed by atoms with Crippen molar-refractivity contribution in [3.8, 4) is 11.5 Å². The summed E-state index contributed by atoms with van der Waals surface area (Å²) in [5.41, 5.74) is 0.381. The van der Waals surface area contributed by atoms with Crippen LogP contribution in [0.5, 0.6) is 11.5 Å². The molecule has 0 bridgehead atoms. The standard InChI is InChI=1S/C28H40O5/c1-19(9-10-21-17-23(33-7)16-20(2)25(21)31)15-22(29)18-27(5)12-8-13-28(27,6)24(30)11-14-26(3,4)32/h9,11,14,16-17,31-32H,8,10,12-13,15,18H2,1-7H3. The van der Waals surface area contributed by atoms with E-state index < -0.39 is 16.4 Å². The van der Waals surface area contributed by atoms with Crippen LogP contribution in [0.3, 0.4) is 0 Å². The van der Waals surface area contributed by atoms with Crippen molar-refractivity contribution in [2.24, 2.45) is 10.8 Å². The largest absolute Gasteiger partial charge is 0.507 e. The number of ether oxygens (including phenoxy) is 1. The molecule has 5 nitrogen and oxygen atoms in total. The summed E-state index contributed by atoms with van der Waals surface area (Å²) < 4.78 is 5.29. The molecule has 1 fully saturated rings. The molecule has 1 saturated carbocycles. The van der Waals surface area contributed by atoms with Gasteiger partial charge in [0.1, 0.15) is 17.3 Å². The Hall–Kier alpha value is -2.40. The van der Waals surface area contributed by atoms with E-state index in [1.165, 1.54) is 12.2 Å². The second-order valence-corrected chi connectivity index (χ2v) is 10.7. The van der Waals surface area contributed by atoms with Crippen molar-refractivity contribution in [3.63, 3.8) is 0 Å². The summed E-state index contributed by atoms with van der Waals surface area (Å²) in [4.78, 5) is 26.0. The Bertz CT molecular complexity index is 950. The lowest BCUT2D eigenvalue weighted by Gasteiger charge is -2.39. The highest BCUT2D eigenvalue weighted by molar-refractivity contribution is 5.96. The molecule has 0 spiro atoms. The van der Waals surface area contributed by atoms with Gasteiger partial charge >= 0.3 is 0 Å². The Morgan fingerprint density at radius 3 is 2.48 bits per heavy atom. The van der Waals surface area contributed by atoms with Crippen LogP contribution in [0, 0.1) is 17.8 Å². The maximum Gasteiger partial charge on any atom is 0.161 e. The molecule has 2 N–H and O–H groups in total. The molecule has 0 radical (unpaired) electrons. The van der Waals surface area contributed by atoms with E-state index in [0.717, 1.165) is 36.0 Å². The fourth-order valence-electron chi connectivity index (χ4n) is 4.83. The average molecular weight is 457 g/mol. The summed E-state index contributed by atoms with van der Waals surface area (Å²) in [6.45, 7) is 11.0. The average Bonchev–Trinajstić information content (AvgIpc) is 3.01. The maximum atomic E-state index is 13.0. The molecule has 0 saturated heterocycles. The molecule has 5 heteroatoms. The van der Waals surface area contributed by atoms with E-state index in [-0.39, 0.29) is 17.3 Å². The molecule has 0 heterocycles. The van der Waals surface area contributed by atoms with Gasteiger partial charge in [0.25, 0.3) is 0 Å². The van der Waals surface area contributed by atoms with Crippen molar-refractivity contribution in [3.05, 3.63) is 47.1 Å². The first-order valence-electron chi connectivity index (χ1n) is 11.7. The van der Waals surface area contributed by atoms with Crippen molar-refractivity contribution in [1.29, 1.82) is 0 Å². The number of phenols is 1. The Kier molecular flexibility index (Phi) is 8.34. The third-order valence-electron chi connectivity index (χ3n) is 7.25. The molecule has 0 amide bonds. The number of methoxy groups -OCH3 is 1. The number of hydrogen-bond donors (Lipinski definition) is 2. The number of allylic oxidation sites excluding steroid dienone is 3. The Morgan fingerprint density at radius 2 is 1.88 bits per heavy atom. The van der Waals surface area contributed by atoms with Crippen molar-refractivity contribution in [2.45, 2.75) is 85.7 Å². The molecule has 2 rings (SSSR count). The van der Waals surface area contributed by atoms with Gasteiger partial charge in [0.15, 0.2) is 5.78 Å². The summed E-state index contributed by atoms with van der Waals surface area (Å²) in [5.74, 6) is 1.04. The summed E-state index contributed by atoms with van der Waals surface area (Å²) in [6.07, 6.45) is 8.66. The lowest BCUT2D eigenvalue weighted by Crippen LogP contribution is -2.40. The lowest BCUT2D eigenvalue weighted by molar-refractivity contribution is -0.131. The number of aromatic hydroxyl groups is 1. The van der Waals surface area contributed by atoms with Gasteiger partial charge in [-0.15, -0.1) is 0 Å². The lowest BCUT2D eigenvalue weighted by atomic mass is 9.63. The minimum atomic E-state index is -1.05. The molecule has 1 aromatic carbocycles. The van der Waals surface area contributed by atoms with Gasteiger partial charge in [0, 0.05) is 23.8 Å². The second-order valence-electron chi connectivity index (χ2n) is 10.7. The predicted octanol–water partition coefficient (Wildman–Crippen LogP) is 5.64. The number of carbonyl (C=O) groups is 2. The Balaban J connectivity index is 2.09. The minimum Gasteiger partial charge on any atom is -0.507 e. The number of carbonyl (C=O) groups excluding carboxylic acids is 2. The Labute approximate surface area is 198 Å². The minimum absolute atomic E-state index is 0.0199. The molecular weight excluding hydrogens is 416 g/mol. The number of benzene rings is 1. The Morgan fingerprint density at radius 1 is 1.21 bits per heavy atom. The number of Topliss-reactive ketones (excluding diaryl/α,β-unsaturated/α-hetero) is 1. The quantitative estimate of drug-likeness (QED) is 0.352. The van der Waals surface area contributed by atoms with Crippen LogP contribution in [-0.2, 0) is 16.0 Å². The summed E-state index contributed by atoms with van der Waals surface area (Å²) >= 11 is 0. The number of aliphatic hydroxyl groups is 1. The summed E-state index contributed by atoms with van der Waals surface area (Å²) in [7, 11) is 1.60. The highest BCUT2D eigenvalue weighted by Crippen LogP contribution is 2.55. The molecule has 2 unspecified atom stereocenters. The SMILES string of the molecule is COc1cc(C)c(O)c(CC=C(C)CC(=O)CC2(C)CCCC2(C)C(=O)C=CC(C)(C)O)c1. The van der Waals surface area contributed by atoms with Gasteiger partial charge in [0.05, 0.1) is 12.7 Å². The molecule has 1 aromatic rings. The van der Waals surface area contributed by atoms with Gasteiger partial charge in [-0.3, -0.25) is 9.59 Å². The van der Waals surface area contributed by atoms with Crippen LogP contribution in [0.25, 0.3) is 0 Å². The van der Waals surface area contributed by atoms with E-state index in [1.54, 1.807) is 27.0 Å². The maximum absolute atomic E-state index is 13.0. The second kappa shape index (κ2) is 10.3. The summed E-state index contributed by atoms with van der Waals surface area (Å²) in [5, 5.41) is 20.3. The molecular formula is C28H40O5. The monoisotopic (exact) mass is 456 g/mol. The number of phenolic OH excluding ortho intramolecular Hbond substituents is 1. The first-order valence-corrected chi connectivity index (χ1v) is 11.7. The third kappa shape index (κ3) is 6.57. The third-order valence-corrected chi connectivity index (χ3v) is 7.25. The van der Waals surface area contributed by atoms with Crippen molar-refractivity contribution < 1.29 is 24.5 Å². The first-order chi connectivity index (χ1) is 15.2. The molecule has 0 aliphatic heterocycles. The molecule has 1 aliphatic carbocycles. The van der Waals surface area contributed by atoms with Gasteiger partial charge in [-0.2, -0.15) is 0 Å².